The highest BCUT2D eigenvalue weighted by Gasteiger charge is 2.07. The topological polar surface area (TPSA) is 20.3 Å². The molecule has 2 nitrogen and oxygen atoms in total. The molecule has 1 aromatic rings. The summed E-state index contributed by atoms with van der Waals surface area (Å²) in [5.74, 6) is 0.135. The molecule has 0 saturated heterocycles. The van der Waals surface area contributed by atoms with Crippen molar-refractivity contribution in [2.75, 3.05) is 6.54 Å². The van der Waals surface area contributed by atoms with Gasteiger partial charge in [-0.3, -0.25) is 4.79 Å². The van der Waals surface area contributed by atoms with Gasteiger partial charge in [-0.05, 0) is 18.6 Å². The van der Waals surface area contributed by atoms with Crippen molar-refractivity contribution < 1.29 is 4.79 Å². The zero-order valence-electron chi connectivity index (χ0n) is 9.39. The summed E-state index contributed by atoms with van der Waals surface area (Å²) in [6.07, 6.45) is 5.85. The average molecular weight is 213 g/mol. The monoisotopic (exact) mass is 213 g/mol. The molecule has 0 spiro atoms. The molecule has 2 heteroatoms. The van der Waals surface area contributed by atoms with Gasteiger partial charge in [-0.2, -0.15) is 0 Å². The number of ketones is 1. The maximum absolute atomic E-state index is 11.1. The lowest BCUT2D eigenvalue weighted by molar-refractivity contribution is -0.113. The minimum atomic E-state index is 0.135. The van der Waals surface area contributed by atoms with E-state index in [0.29, 0.717) is 0 Å². The summed E-state index contributed by atoms with van der Waals surface area (Å²) in [4.78, 5) is 13.3. The number of carbonyl (C=O) groups is 1. The van der Waals surface area contributed by atoms with Crippen molar-refractivity contribution in [3.8, 4) is 0 Å². The van der Waals surface area contributed by atoms with Gasteiger partial charge >= 0.3 is 0 Å². The Balaban J connectivity index is 1.97. The lowest BCUT2D eigenvalue weighted by Gasteiger charge is -2.22. The van der Waals surface area contributed by atoms with E-state index in [4.69, 9.17) is 0 Å². The zero-order valence-corrected chi connectivity index (χ0v) is 9.39. The molecule has 0 aromatic heterocycles. The number of Topliss-reactive ketones (excluding diaryl/α,β-unsaturated/α-hetero) is 1. The molecule has 0 radical (unpaired) electrons. The first-order valence-electron chi connectivity index (χ1n) is 5.43. The van der Waals surface area contributed by atoms with E-state index in [1.165, 1.54) is 5.56 Å². The number of benzene rings is 1. The van der Waals surface area contributed by atoms with E-state index in [2.05, 4.69) is 17.0 Å². The molecule has 16 heavy (non-hydrogen) atoms. The molecule has 0 aliphatic carbocycles. The van der Waals surface area contributed by atoms with E-state index in [0.717, 1.165) is 18.7 Å². The van der Waals surface area contributed by atoms with Crippen LogP contribution in [0.3, 0.4) is 0 Å². The van der Waals surface area contributed by atoms with Crippen LogP contribution in [0.25, 0.3) is 0 Å². The lowest BCUT2D eigenvalue weighted by Crippen LogP contribution is -2.20. The van der Waals surface area contributed by atoms with Gasteiger partial charge in [0.15, 0.2) is 5.78 Å². The van der Waals surface area contributed by atoms with E-state index >= 15 is 0 Å². The van der Waals surface area contributed by atoms with Crippen molar-refractivity contribution in [2.24, 2.45) is 0 Å². The summed E-state index contributed by atoms with van der Waals surface area (Å²) >= 11 is 0. The van der Waals surface area contributed by atoms with E-state index in [9.17, 15) is 4.79 Å². The summed E-state index contributed by atoms with van der Waals surface area (Å²) in [6, 6.07) is 10.3. The van der Waals surface area contributed by atoms with Crippen molar-refractivity contribution >= 4 is 5.78 Å². The second-order valence-electron chi connectivity index (χ2n) is 3.95. The fourth-order valence-electron chi connectivity index (χ4n) is 1.73. The second-order valence-corrected chi connectivity index (χ2v) is 3.95. The number of hydrogen-bond acceptors (Lipinski definition) is 2. The summed E-state index contributed by atoms with van der Waals surface area (Å²) in [5.41, 5.74) is 2.09. The predicted octanol–water partition coefficient (Wildman–Crippen LogP) is 2.53. The minimum absolute atomic E-state index is 0.135. The normalized spacial score (nSPS) is 14.8. The molecule has 1 aliphatic heterocycles. The standard InChI is InChI=1S/C14H15NO/c1-12(16)14-7-9-15(10-8-14)11-13-5-3-2-4-6-13/h2-9H,10-11H2,1H3. The highest BCUT2D eigenvalue weighted by molar-refractivity contribution is 5.96. The number of nitrogens with zero attached hydrogens (tertiary/aromatic N) is 1. The molecular weight excluding hydrogens is 198 g/mol. The third kappa shape index (κ3) is 2.60. The first kappa shape index (κ1) is 10.7. The van der Waals surface area contributed by atoms with Gasteiger partial charge in [0.2, 0.25) is 0 Å². The Kier molecular flexibility index (Phi) is 3.20. The third-order valence-corrected chi connectivity index (χ3v) is 2.65. The molecule has 0 N–H and O–H groups in total. The minimum Gasteiger partial charge on any atom is -0.369 e. The van der Waals surface area contributed by atoms with Crippen LogP contribution >= 0.6 is 0 Å². The van der Waals surface area contributed by atoms with Crippen LogP contribution in [0.1, 0.15) is 12.5 Å². The predicted molar refractivity (Wildman–Crippen MR) is 64.8 cm³/mol. The van der Waals surface area contributed by atoms with E-state index in [-0.39, 0.29) is 5.78 Å². The van der Waals surface area contributed by atoms with Crippen LogP contribution in [-0.4, -0.2) is 17.2 Å². The number of hydrogen-bond donors (Lipinski definition) is 0. The summed E-state index contributed by atoms with van der Waals surface area (Å²) in [6.45, 7) is 3.29. The first-order chi connectivity index (χ1) is 7.75. The molecule has 0 saturated carbocycles. The van der Waals surface area contributed by atoms with E-state index in [1.54, 1.807) is 6.92 Å². The Bertz CT molecular complexity index is 431. The number of rotatable bonds is 3. The summed E-state index contributed by atoms with van der Waals surface area (Å²) in [5, 5.41) is 0. The molecule has 1 aromatic carbocycles. The largest absolute Gasteiger partial charge is 0.369 e. The number of allylic oxidation sites excluding steroid dienone is 2. The SMILES string of the molecule is CC(=O)C1=CCN(Cc2ccccc2)C=C1. The van der Waals surface area contributed by atoms with Gasteiger partial charge in [-0.25, -0.2) is 0 Å². The molecule has 82 valence electrons. The fraction of sp³-hybridized carbons (Fsp3) is 0.214. The maximum Gasteiger partial charge on any atom is 0.159 e. The Hall–Kier alpha value is -1.83. The van der Waals surface area contributed by atoms with Gasteiger partial charge in [0, 0.05) is 24.9 Å². The Morgan fingerprint density at radius 3 is 2.62 bits per heavy atom. The van der Waals surface area contributed by atoms with Crippen molar-refractivity contribution in [1.82, 2.24) is 4.90 Å². The molecular formula is C14H15NO. The van der Waals surface area contributed by atoms with Crippen LogP contribution in [-0.2, 0) is 11.3 Å². The zero-order chi connectivity index (χ0) is 11.4. The Morgan fingerprint density at radius 1 is 1.31 bits per heavy atom. The molecule has 1 heterocycles. The van der Waals surface area contributed by atoms with Gasteiger partial charge in [0.1, 0.15) is 0 Å². The van der Waals surface area contributed by atoms with Gasteiger partial charge in [0.05, 0.1) is 0 Å². The number of carbonyl (C=O) groups excluding carboxylic acids is 1. The van der Waals surface area contributed by atoms with Crippen LogP contribution in [0.2, 0.25) is 0 Å². The van der Waals surface area contributed by atoms with Crippen LogP contribution in [0.5, 0.6) is 0 Å². The van der Waals surface area contributed by atoms with E-state index in [1.807, 2.05) is 36.6 Å². The van der Waals surface area contributed by atoms with Crippen LogP contribution in [0.15, 0.2) is 54.3 Å². The van der Waals surface area contributed by atoms with Gasteiger partial charge in [-0.15, -0.1) is 0 Å². The third-order valence-electron chi connectivity index (χ3n) is 2.65. The van der Waals surface area contributed by atoms with Crippen molar-refractivity contribution in [3.63, 3.8) is 0 Å². The molecule has 0 atom stereocenters. The van der Waals surface area contributed by atoms with Crippen molar-refractivity contribution in [2.45, 2.75) is 13.5 Å². The van der Waals surface area contributed by atoms with Crippen molar-refractivity contribution in [3.05, 3.63) is 59.8 Å². The molecule has 0 amide bonds. The summed E-state index contributed by atoms with van der Waals surface area (Å²) in [7, 11) is 0. The molecule has 0 unspecified atom stereocenters. The molecule has 2 rings (SSSR count). The van der Waals surface area contributed by atoms with Gasteiger partial charge in [-0.1, -0.05) is 36.4 Å². The quantitative estimate of drug-likeness (QED) is 0.769. The Morgan fingerprint density at radius 2 is 2.06 bits per heavy atom. The highest BCUT2D eigenvalue weighted by atomic mass is 16.1. The molecule has 0 fully saturated rings. The van der Waals surface area contributed by atoms with Gasteiger partial charge in [0.25, 0.3) is 0 Å². The average Bonchev–Trinajstić information content (AvgIpc) is 2.31. The fourth-order valence-corrected chi connectivity index (χ4v) is 1.73. The maximum atomic E-state index is 11.1. The highest BCUT2D eigenvalue weighted by Crippen LogP contribution is 2.11. The van der Waals surface area contributed by atoms with E-state index < -0.39 is 0 Å². The van der Waals surface area contributed by atoms with Crippen LogP contribution in [0.4, 0.5) is 0 Å². The smallest absolute Gasteiger partial charge is 0.159 e. The lowest BCUT2D eigenvalue weighted by atomic mass is 10.1. The Labute approximate surface area is 95.9 Å². The van der Waals surface area contributed by atoms with Crippen molar-refractivity contribution in [1.29, 1.82) is 0 Å². The van der Waals surface area contributed by atoms with Gasteiger partial charge < -0.3 is 4.90 Å². The molecule has 0 bridgehead atoms. The molecule has 1 aliphatic rings. The van der Waals surface area contributed by atoms with Crippen LogP contribution < -0.4 is 0 Å². The first-order valence-corrected chi connectivity index (χ1v) is 5.43. The van der Waals surface area contributed by atoms with Crippen LogP contribution in [0, 0.1) is 0 Å². The summed E-state index contributed by atoms with van der Waals surface area (Å²) < 4.78 is 0. The second kappa shape index (κ2) is 4.79.